The van der Waals surface area contributed by atoms with Crippen molar-refractivity contribution in [2.24, 2.45) is 0 Å². The Balaban J connectivity index is 1.44. The number of rotatable bonds is 7. The fourth-order valence-corrected chi connectivity index (χ4v) is 4.31. The maximum atomic E-state index is 12.9. The summed E-state index contributed by atoms with van der Waals surface area (Å²) in [5, 5.41) is 3.24. The molecular weight excluding hydrogens is 458 g/mol. The van der Waals surface area contributed by atoms with Gasteiger partial charge >= 0.3 is 11.7 Å². The second-order valence-electron chi connectivity index (χ2n) is 8.30. The largest absolute Gasteiger partial charge is 0.493 e. The molecule has 8 heteroatoms. The Morgan fingerprint density at radius 3 is 2.47 bits per heavy atom. The van der Waals surface area contributed by atoms with Crippen LogP contribution < -0.4 is 20.5 Å². The summed E-state index contributed by atoms with van der Waals surface area (Å²) >= 11 is 0. The maximum absolute atomic E-state index is 12.9. The van der Waals surface area contributed by atoms with Crippen LogP contribution >= 0.6 is 0 Å². The molecule has 0 saturated carbocycles. The van der Waals surface area contributed by atoms with Gasteiger partial charge in [0.1, 0.15) is 12.4 Å². The number of hydrogen-bond donors (Lipinski definition) is 1. The normalized spacial score (nSPS) is 11.7. The lowest BCUT2D eigenvalue weighted by Gasteiger charge is -2.23. The van der Waals surface area contributed by atoms with Crippen molar-refractivity contribution in [2.75, 3.05) is 19.5 Å². The molecule has 1 aliphatic heterocycles. The third-order valence-corrected chi connectivity index (χ3v) is 6.15. The molecule has 36 heavy (non-hydrogen) atoms. The lowest BCUT2D eigenvalue weighted by molar-refractivity contribution is 0.0473. The minimum absolute atomic E-state index is 0.0701. The minimum Gasteiger partial charge on any atom is -0.493 e. The second-order valence-corrected chi connectivity index (χ2v) is 8.30. The van der Waals surface area contributed by atoms with Gasteiger partial charge in [-0.15, -0.1) is 0 Å². The molecule has 0 atom stereocenters. The average Bonchev–Trinajstić information content (AvgIpc) is 2.92. The lowest BCUT2D eigenvalue weighted by Crippen LogP contribution is -2.28. The van der Waals surface area contributed by atoms with Crippen LogP contribution in [0.3, 0.4) is 0 Å². The molecule has 1 aromatic heterocycles. The Labute approximate surface area is 208 Å². The van der Waals surface area contributed by atoms with Crippen LogP contribution in [0.25, 0.3) is 11.3 Å². The van der Waals surface area contributed by atoms with Gasteiger partial charge in [-0.05, 0) is 42.3 Å². The van der Waals surface area contributed by atoms with Crippen LogP contribution in [-0.4, -0.2) is 29.7 Å². The first kappa shape index (κ1) is 23.2. The summed E-state index contributed by atoms with van der Waals surface area (Å²) in [6, 6.07) is 22.0. The van der Waals surface area contributed by atoms with E-state index in [-0.39, 0.29) is 12.3 Å². The van der Waals surface area contributed by atoms with Crippen LogP contribution in [0.1, 0.15) is 21.5 Å². The highest BCUT2D eigenvalue weighted by Crippen LogP contribution is 2.38. The van der Waals surface area contributed by atoms with E-state index < -0.39 is 5.97 Å². The number of aromatic nitrogens is 2. The third kappa shape index (κ3) is 4.53. The van der Waals surface area contributed by atoms with Crippen LogP contribution in [0, 0.1) is 0 Å². The first-order valence-corrected chi connectivity index (χ1v) is 11.5. The van der Waals surface area contributed by atoms with Crippen LogP contribution in [0.5, 0.6) is 11.5 Å². The molecule has 5 rings (SSSR count). The molecule has 1 N–H and O–H groups in total. The van der Waals surface area contributed by atoms with Crippen LogP contribution in [0.15, 0.2) is 77.6 Å². The molecule has 8 nitrogen and oxygen atoms in total. The smallest absolute Gasteiger partial charge is 0.350 e. The molecule has 1 aliphatic rings. The topological polar surface area (TPSA) is 91.7 Å². The van der Waals surface area contributed by atoms with E-state index in [0.29, 0.717) is 41.5 Å². The molecule has 0 spiro atoms. The van der Waals surface area contributed by atoms with E-state index in [1.165, 1.54) is 0 Å². The van der Waals surface area contributed by atoms with E-state index in [9.17, 15) is 9.59 Å². The van der Waals surface area contributed by atoms with E-state index in [0.717, 1.165) is 22.4 Å². The monoisotopic (exact) mass is 483 g/mol. The lowest BCUT2D eigenvalue weighted by atomic mass is 9.97. The molecule has 0 amide bonds. The van der Waals surface area contributed by atoms with Crippen molar-refractivity contribution in [1.29, 1.82) is 0 Å². The SMILES string of the molecule is COc1cc2c(cc1OC)-c1cc(Nc3ccccc3COC(=O)c3ccccc3)nc(=O)n1CC2. The molecule has 3 aromatic carbocycles. The quantitative estimate of drug-likeness (QED) is 0.385. The van der Waals surface area contributed by atoms with Crippen LogP contribution in [0.4, 0.5) is 11.5 Å². The number of carbonyl (C=O) groups is 1. The summed E-state index contributed by atoms with van der Waals surface area (Å²) < 4.78 is 18.1. The Bertz CT molecular complexity index is 1480. The molecule has 0 saturated heterocycles. The summed E-state index contributed by atoms with van der Waals surface area (Å²) in [4.78, 5) is 29.5. The number of hydrogen-bond acceptors (Lipinski definition) is 7. The van der Waals surface area contributed by atoms with Gasteiger partial charge in [0.25, 0.3) is 0 Å². The number of nitrogens with zero attached hydrogens (tertiary/aromatic N) is 2. The molecule has 0 aliphatic carbocycles. The number of nitrogens with one attached hydrogen (secondary N) is 1. The number of para-hydroxylation sites is 1. The van der Waals surface area contributed by atoms with Gasteiger partial charge in [0.15, 0.2) is 11.5 Å². The molecule has 4 aromatic rings. The predicted octanol–water partition coefficient (Wildman–Crippen LogP) is 4.58. The summed E-state index contributed by atoms with van der Waals surface area (Å²) in [5.41, 5.74) is 4.30. The first-order chi connectivity index (χ1) is 17.6. The maximum Gasteiger partial charge on any atom is 0.350 e. The van der Waals surface area contributed by atoms with Gasteiger partial charge in [0.05, 0.1) is 25.5 Å². The van der Waals surface area contributed by atoms with Gasteiger partial charge in [-0.1, -0.05) is 36.4 Å². The first-order valence-electron chi connectivity index (χ1n) is 11.5. The molecule has 2 heterocycles. The third-order valence-electron chi connectivity index (χ3n) is 6.15. The van der Waals surface area contributed by atoms with Gasteiger partial charge in [0, 0.05) is 29.4 Å². The van der Waals surface area contributed by atoms with Gasteiger partial charge < -0.3 is 19.5 Å². The highest BCUT2D eigenvalue weighted by molar-refractivity contribution is 5.89. The summed E-state index contributed by atoms with van der Waals surface area (Å²) in [6.07, 6.45) is 0.687. The zero-order valence-corrected chi connectivity index (χ0v) is 20.0. The molecule has 0 unspecified atom stereocenters. The van der Waals surface area contributed by atoms with E-state index in [1.54, 1.807) is 43.1 Å². The predicted molar refractivity (Wildman–Crippen MR) is 136 cm³/mol. The van der Waals surface area contributed by atoms with Crippen molar-refractivity contribution in [3.05, 3.63) is 100.0 Å². The highest BCUT2D eigenvalue weighted by atomic mass is 16.5. The van der Waals surface area contributed by atoms with Crippen molar-refractivity contribution in [3.8, 4) is 22.8 Å². The minimum atomic E-state index is -0.406. The summed E-state index contributed by atoms with van der Waals surface area (Å²) in [5.74, 6) is 1.24. The van der Waals surface area contributed by atoms with Gasteiger partial charge in [-0.2, -0.15) is 4.98 Å². The standard InChI is InChI=1S/C28H25N3O5/c1-34-24-14-19-12-13-31-23(21(19)15-25(24)35-2)16-26(30-28(31)33)29-22-11-7-6-10-20(22)17-36-27(32)18-8-4-3-5-9-18/h3-11,14-16H,12-13,17H2,1-2H3,(H,29,30,33). The number of esters is 1. The van der Waals surface area contributed by atoms with E-state index >= 15 is 0 Å². The number of anilines is 2. The fraction of sp³-hybridized carbons (Fsp3) is 0.179. The number of aryl methyl sites for hydroxylation is 1. The van der Waals surface area contributed by atoms with Gasteiger partial charge in [-0.25, -0.2) is 9.59 Å². The van der Waals surface area contributed by atoms with Gasteiger partial charge in [0.2, 0.25) is 0 Å². The summed E-state index contributed by atoms with van der Waals surface area (Å²) in [6.45, 7) is 0.594. The van der Waals surface area contributed by atoms with Gasteiger partial charge in [-0.3, -0.25) is 4.57 Å². The molecule has 0 radical (unpaired) electrons. The van der Waals surface area contributed by atoms with Crippen LogP contribution in [0.2, 0.25) is 0 Å². The molecule has 0 bridgehead atoms. The van der Waals surface area contributed by atoms with E-state index in [1.807, 2.05) is 48.5 Å². The fourth-order valence-electron chi connectivity index (χ4n) is 4.31. The molecule has 182 valence electrons. The Kier molecular flexibility index (Phi) is 6.40. The Hall–Kier alpha value is -4.59. The number of carbonyl (C=O) groups excluding carboxylic acids is 1. The molecular formula is C28H25N3O5. The summed E-state index contributed by atoms with van der Waals surface area (Å²) in [7, 11) is 3.19. The van der Waals surface area contributed by atoms with Crippen molar-refractivity contribution >= 4 is 17.5 Å². The van der Waals surface area contributed by atoms with Crippen molar-refractivity contribution in [3.63, 3.8) is 0 Å². The highest BCUT2D eigenvalue weighted by Gasteiger charge is 2.22. The zero-order valence-electron chi connectivity index (χ0n) is 20.0. The van der Waals surface area contributed by atoms with Crippen molar-refractivity contribution in [2.45, 2.75) is 19.6 Å². The number of benzene rings is 3. The number of fused-ring (bicyclic) bond motifs is 3. The van der Waals surface area contributed by atoms with Crippen molar-refractivity contribution < 1.29 is 19.0 Å². The van der Waals surface area contributed by atoms with E-state index in [2.05, 4.69) is 10.3 Å². The second kappa shape index (κ2) is 9.95. The average molecular weight is 484 g/mol. The number of ether oxygens (including phenoxy) is 3. The Morgan fingerprint density at radius 1 is 0.972 bits per heavy atom. The van der Waals surface area contributed by atoms with E-state index in [4.69, 9.17) is 14.2 Å². The number of methoxy groups -OCH3 is 2. The Morgan fingerprint density at radius 2 is 1.69 bits per heavy atom. The van der Waals surface area contributed by atoms with Crippen molar-refractivity contribution in [1.82, 2.24) is 9.55 Å². The zero-order chi connectivity index (χ0) is 25.1. The molecule has 0 fully saturated rings. The van der Waals surface area contributed by atoms with Crippen LogP contribution in [-0.2, 0) is 24.3 Å².